The average molecular weight is 469 g/mol. The Morgan fingerprint density at radius 1 is 0.882 bits per heavy atom. The summed E-state index contributed by atoms with van der Waals surface area (Å²) < 4.78 is 5.90. The third-order valence-corrected chi connectivity index (χ3v) is 6.13. The van der Waals surface area contributed by atoms with E-state index in [4.69, 9.17) is 4.74 Å². The van der Waals surface area contributed by atoms with E-state index in [1.165, 1.54) is 0 Å². The largest absolute Gasteiger partial charge is 0.504 e. The minimum absolute atomic E-state index is 0.0464. The molecular weight excluding hydrogens is 428 g/mol. The van der Waals surface area contributed by atoms with Gasteiger partial charge in [0.05, 0.1) is 0 Å². The molecule has 0 bridgehead atoms. The summed E-state index contributed by atoms with van der Waals surface area (Å²) in [5, 5.41) is 16.2. The lowest BCUT2D eigenvalue weighted by atomic mass is 10.0. The molecule has 3 N–H and O–H groups in total. The van der Waals surface area contributed by atoms with Gasteiger partial charge in [0, 0.05) is 24.9 Å². The lowest BCUT2D eigenvalue weighted by molar-refractivity contribution is -0.125. The summed E-state index contributed by atoms with van der Waals surface area (Å²) in [6, 6.07) is 12.9. The number of ether oxygens (including phenoxy) is 1. The predicted octanol–water partition coefficient (Wildman–Crippen LogP) is 5.37. The lowest BCUT2D eigenvalue weighted by Gasteiger charge is -2.13. The van der Waals surface area contributed by atoms with E-state index in [2.05, 4.69) is 17.6 Å². The molecule has 6 nitrogen and oxygen atoms in total. The zero-order valence-corrected chi connectivity index (χ0v) is 21.0. The van der Waals surface area contributed by atoms with Crippen LogP contribution in [0.15, 0.2) is 42.5 Å². The number of hydrogen-bond donors (Lipinski definition) is 3. The van der Waals surface area contributed by atoms with E-state index in [1.807, 2.05) is 51.1 Å². The average Bonchev–Trinajstić information content (AvgIpc) is 2.83. The van der Waals surface area contributed by atoms with E-state index in [-0.39, 0.29) is 29.4 Å². The first-order chi connectivity index (χ1) is 16.4. The third-order valence-electron chi connectivity index (χ3n) is 6.13. The molecule has 0 aliphatic heterocycles. The van der Waals surface area contributed by atoms with E-state index < -0.39 is 0 Å². The van der Waals surface area contributed by atoms with E-state index in [1.54, 1.807) is 12.1 Å². The normalized spacial score (nSPS) is 11.8. The first-order valence-electron chi connectivity index (χ1n) is 12.5. The number of rotatable bonds is 14. The number of amides is 2. The van der Waals surface area contributed by atoms with Gasteiger partial charge in [0.1, 0.15) is 5.75 Å². The molecule has 0 spiro atoms. The SMILES string of the molecule is CCCC(C)C(=O)NCCc1ccc(Oc2cc(CCNC(=O)C(CC)CC)ccc2O)cc1. The van der Waals surface area contributed by atoms with Crippen LogP contribution in [0.1, 0.15) is 64.5 Å². The van der Waals surface area contributed by atoms with Crippen LogP contribution in [0.5, 0.6) is 17.2 Å². The van der Waals surface area contributed by atoms with Crippen molar-refractivity contribution >= 4 is 11.8 Å². The van der Waals surface area contributed by atoms with Gasteiger partial charge in [-0.3, -0.25) is 9.59 Å². The number of hydrogen-bond acceptors (Lipinski definition) is 4. The van der Waals surface area contributed by atoms with Gasteiger partial charge in [0.15, 0.2) is 11.5 Å². The first-order valence-corrected chi connectivity index (χ1v) is 12.5. The standard InChI is InChI=1S/C28H40N2O4/c1-5-8-20(4)27(32)29-17-15-21-9-12-24(13-10-21)34-26-19-22(11-14-25(26)31)16-18-30-28(33)23(6-2)7-3/h9-14,19-20,23,31H,5-8,15-18H2,1-4H3,(H,29,32)(H,30,33). The summed E-state index contributed by atoms with van der Waals surface area (Å²) in [5.41, 5.74) is 2.07. The van der Waals surface area contributed by atoms with Gasteiger partial charge >= 0.3 is 0 Å². The van der Waals surface area contributed by atoms with Crippen LogP contribution in [0.4, 0.5) is 0 Å². The monoisotopic (exact) mass is 468 g/mol. The topological polar surface area (TPSA) is 87.7 Å². The highest BCUT2D eigenvalue weighted by Crippen LogP contribution is 2.31. The second kappa shape index (κ2) is 14.3. The molecule has 6 heteroatoms. The molecule has 0 aliphatic carbocycles. The maximum atomic E-state index is 12.1. The molecule has 2 aromatic carbocycles. The molecule has 0 saturated heterocycles. The summed E-state index contributed by atoms with van der Waals surface area (Å²) in [7, 11) is 0. The minimum Gasteiger partial charge on any atom is -0.504 e. The predicted molar refractivity (Wildman–Crippen MR) is 136 cm³/mol. The molecule has 2 rings (SSSR count). The maximum absolute atomic E-state index is 12.1. The Bertz CT molecular complexity index is 907. The first kappa shape index (κ1) is 27.2. The van der Waals surface area contributed by atoms with Crippen LogP contribution in [0.3, 0.4) is 0 Å². The van der Waals surface area contributed by atoms with Crippen LogP contribution in [-0.4, -0.2) is 30.0 Å². The van der Waals surface area contributed by atoms with Crippen LogP contribution in [0.2, 0.25) is 0 Å². The third kappa shape index (κ3) is 8.73. The van der Waals surface area contributed by atoms with Crippen LogP contribution >= 0.6 is 0 Å². The van der Waals surface area contributed by atoms with Crippen molar-refractivity contribution in [3.8, 4) is 17.2 Å². The van der Waals surface area contributed by atoms with E-state index in [0.717, 1.165) is 43.2 Å². The van der Waals surface area contributed by atoms with Crippen molar-refractivity contribution in [1.29, 1.82) is 0 Å². The molecule has 0 fully saturated rings. The Morgan fingerprint density at radius 3 is 2.09 bits per heavy atom. The Labute approximate surface area is 204 Å². The van der Waals surface area contributed by atoms with Gasteiger partial charge in [-0.05, 0) is 67.5 Å². The van der Waals surface area contributed by atoms with Crippen molar-refractivity contribution in [2.24, 2.45) is 11.8 Å². The Hall–Kier alpha value is -3.02. The van der Waals surface area contributed by atoms with Crippen molar-refractivity contribution in [1.82, 2.24) is 10.6 Å². The molecule has 0 radical (unpaired) electrons. The smallest absolute Gasteiger partial charge is 0.223 e. The fourth-order valence-corrected chi connectivity index (χ4v) is 3.85. The number of carbonyl (C=O) groups excluding carboxylic acids is 2. The summed E-state index contributed by atoms with van der Waals surface area (Å²) >= 11 is 0. The summed E-state index contributed by atoms with van der Waals surface area (Å²) in [4.78, 5) is 24.2. The van der Waals surface area contributed by atoms with Gasteiger partial charge in [0.25, 0.3) is 0 Å². The fourth-order valence-electron chi connectivity index (χ4n) is 3.85. The van der Waals surface area contributed by atoms with E-state index in [0.29, 0.717) is 31.0 Å². The van der Waals surface area contributed by atoms with Crippen molar-refractivity contribution in [2.45, 2.75) is 66.2 Å². The van der Waals surface area contributed by atoms with Gasteiger partial charge in [0.2, 0.25) is 11.8 Å². The number of phenols is 1. The Balaban J connectivity index is 1.86. The second-order valence-corrected chi connectivity index (χ2v) is 8.83. The van der Waals surface area contributed by atoms with Crippen molar-refractivity contribution in [3.05, 3.63) is 53.6 Å². The van der Waals surface area contributed by atoms with Gasteiger partial charge in [-0.1, -0.05) is 52.3 Å². The highest BCUT2D eigenvalue weighted by molar-refractivity contribution is 5.78. The fraction of sp³-hybridized carbons (Fsp3) is 0.500. The molecule has 2 aromatic rings. The molecule has 186 valence electrons. The van der Waals surface area contributed by atoms with Gasteiger partial charge in [-0.2, -0.15) is 0 Å². The molecule has 0 aliphatic rings. The quantitative estimate of drug-likeness (QED) is 0.348. The molecule has 0 saturated carbocycles. The molecule has 0 heterocycles. The maximum Gasteiger partial charge on any atom is 0.223 e. The molecule has 2 amide bonds. The number of phenolic OH excluding ortho intramolecular Hbond substituents is 1. The summed E-state index contributed by atoms with van der Waals surface area (Å²) in [6.07, 6.45) is 4.98. The van der Waals surface area contributed by atoms with Gasteiger partial charge in [-0.25, -0.2) is 0 Å². The molecule has 0 aromatic heterocycles. The van der Waals surface area contributed by atoms with Gasteiger partial charge < -0.3 is 20.5 Å². The van der Waals surface area contributed by atoms with E-state index in [9.17, 15) is 14.7 Å². The minimum atomic E-state index is 0.0464. The highest BCUT2D eigenvalue weighted by atomic mass is 16.5. The number of carbonyl (C=O) groups is 2. The van der Waals surface area contributed by atoms with Gasteiger partial charge in [-0.15, -0.1) is 0 Å². The highest BCUT2D eigenvalue weighted by Gasteiger charge is 2.14. The zero-order valence-electron chi connectivity index (χ0n) is 21.0. The summed E-state index contributed by atoms with van der Waals surface area (Å²) in [6.45, 7) is 9.23. The lowest BCUT2D eigenvalue weighted by Crippen LogP contribution is -2.31. The number of benzene rings is 2. The van der Waals surface area contributed by atoms with E-state index >= 15 is 0 Å². The van der Waals surface area contributed by atoms with Crippen molar-refractivity contribution < 1.29 is 19.4 Å². The number of nitrogens with one attached hydrogen (secondary N) is 2. The number of aromatic hydroxyl groups is 1. The molecular formula is C28H40N2O4. The molecule has 1 unspecified atom stereocenters. The summed E-state index contributed by atoms with van der Waals surface area (Å²) in [5.74, 6) is 1.38. The van der Waals surface area contributed by atoms with Crippen LogP contribution in [0.25, 0.3) is 0 Å². The Kier molecular flexibility index (Phi) is 11.4. The van der Waals surface area contributed by atoms with Crippen molar-refractivity contribution in [3.63, 3.8) is 0 Å². The van der Waals surface area contributed by atoms with Crippen LogP contribution in [-0.2, 0) is 22.4 Å². The van der Waals surface area contributed by atoms with Crippen LogP contribution < -0.4 is 15.4 Å². The molecule has 34 heavy (non-hydrogen) atoms. The second-order valence-electron chi connectivity index (χ2n) is 8.83. The Morgan fingerprint density at radius 2 is 1.47 bits per heavy atom. The zero-order chi connectivity index (χ0) is 24.9. The van der Waals surface area contributed by atoms with Crippen molar-refractivity contribution in [2.75, 3.05) is 13.1 Å². The van der Waals surface area contributed by atoms with Crippen LogP contribution in [0, 0.1) is 11.8 Å². The molecule has 1 atom stereocenters.